The number of aryl methyl sites for hydroxylation is 2. The van der Waals surface area contributed by atoms with Crippen molar-refractivity contribution in [2.45, 2.75) is 26.3 Å². The molecule has 1 unspecified atom stereocenters. The van der Waals surface area contributed by atoms with Crippen molar-refractivity contribution in [3.8, 4) is 5.75 Å². The van der Waals surface area contributed by atoms with Gasteiger partial charge in [0.05, 0.1) is 13.2 Å². The van der Waals surface area contributed by atoms with Crippen molar-refractivity contribution in [2.24, 2.45) is 5.84 Å². The van der Waals surface area contributed by atoms with E-state index in [2.05, 4.69) is 43.5 Å². The molecule has 3 heteroatoms. The van der Waals surface area contributed by atoms with Crippen molar-refractivity contribution in [1.29, 1.82) is 0 Å². The Bertz CT molecular complexity index is 581. The van der Waals surface area contributed by atoms with Gasteiger partial charge in [0.1, 0.15) is 5.75 Å². The number of hydrazine groups is 1. The van der Waals surface area contributed by atoms with E-state index in [1.165, 1.54) is 16.7 Å². The maximum atomic E-state index is 5.72. The highest BCUT2D eigenvalue weighted by Gasteiger charge is 2.11. The average Bonchev–Trinajstić information content (AvgIpc) is 2.48. The van der Waals surface area contributed by atoms with Gasteiger partial charge in [-0.15, -0.1) is 0 Å². The largest absolute Gasteiger partial charge is 0.497 e. The van der Waals surface area contributed by atoms with Gasteiger partial charge in [0.2, 0.25) is 0 Å². The van der Waals surface area contributed by atoms with E-state index in [0.717, 1.165) is 17.7 Å². The standard InChI is InChI=1S/C17H22N2O/c1-12-7-8-14(9-13(12)2)10-17(19-18)15-5-4-6-16(11-15)20-3/h4-9,11,17,19H,10,18H2,1-3H3. The first-order valence-corrected chi connectivity index (χ1v) is 6.80. The molecule has 2 rings (SSSR count). The number of ether oxygens (including phenoxy) is 1. The first-order valence-electron chi connectivity index (χ1n) is 6.80. The maximum Gasteiger partial charge on any atom is 0.119 e. The highest BCUT2D eigenvalue weighted by Crippen LogP contribution is 2.22. The third-order valence-electron chi connectivity index (χ3n) is 3.71. The molecule has 20 heavy (non-hydrogen) atoms. The monoisotopic (exact) mass is 270 g/mol. The SMILES string of the molecule is COc1cccc(C(Cc2ccc(C)c(C)c2)NN)c1. The molecule has 0 fully saturated rings. The molecule has 2 aromatic carbocycles. The van der Waals surface area contributed by atoms with Crippen molar-refractivity contribution in [1.82, 2.24) is 5.43 Å². The molecule has 0 aliphatic carbocycles. The first-order chi connectivity index (χ1) is 9.63. The molecular weight excluding hydrogens is 248 g/mol. The molecule has 0 aliphatic heterocycles. The minimum atomic E-state index is 0.0761. The van der Waals surface area contributed by atoms with E-state index in [9.17, 15) is 0 Å². The van der Waals surface area contributed by atoms with Gasteiger partial charge in [0, 0.05) is 0 Å². The lowest BCUT2D eigenvalue weighted by Crippen LogP contribution is -2.29. The minimum absolute atomic E-state index is 0.0761. The van der Waals surface area contributed by atoms with Crippen LogP contribution in [0.1, 0.15) is 28.3 Å². The van der Waals surface area contributed by atoms with E-state index in [1.807, 2.05) is 18.2 Å². The van der Waals surface area contributed by atoms with Crippen molar-refractivity contribution in [3.63, 3.8) is 0 Å². The van der Waals surface area contributed by atoms with Crippen molar-refractivity contribution in [2.75, 3.05) is 7.11 Å². The van der Waals surface area contributed by atoms with E-state index >= 15 is 0 Å². The molecule has 0 radical (unpaired) electrons. The molecule has 0 aliphatic rings. The van der Waals surface area contributed by atoms with Gasteiger partial charge < -0.3 is 4.74 Å². The molecule has 0 bridgehead atoms. The number of nitrogens with two attached hydrogens (primary N) is 1. The molecule has 0 saturated heterocycles. The van der Waals surface area contributed by atoms with Gasteiger partial charge in [-0.25, -0.2) is 0 Å². The van der Waals surface area contributed by atoms with Crippen LogP contribution in [0.4, 0.5) is 0 Å². The second-order valence-corrected chi connectivity index (χ2v) is 5.12. The summed E-state index contributed by atoms with van der Waals surface area (Å²) in [5, 5.41) is 0. The van der Waals surface area contributed by atoms with Crippen molar-refractivity contribution in [3.05, 3.63) is 64.7 Å². The van der Waals surface area contributed by atoms with Gasteiger partial charge in [-0.3, -0.25) is 11.3 Å². The highest BCUT2D eigenvalue weighted by atomic mass is 16.5. The number of hydrogen-bond donors (Lipinski definition) is 2. The van der Waals surface area contributed by atoms with E-state index in [0.29, 0.717) is 0 Å². The van der Waals surface area contributed by atoms with E-state index < -0.39 is 0 Å². The molecule has 3 N–H and O–H groups in total. The zero-order valence-electron chi connectivity index (χ0n) is 12.3. The third kappa shape index (κ3) is 3.38. The highest BCUT2D eigenvalue weighted by molar-refractivity contribution is 5.34. The fourth-order valence-electron chi connectivity index (χ4n) is 2.30. The van der Waals surface area contributed by atoms with Crippen LogP contribution in [0.5, 0.6) is 5.75 Å². The molecule has 1 atom stereocenters. The second kappa shape index (κ2) is 6.55. The Kier molecular flexibility index (Phi) is 4.77. The summed E-state index contributed by atoms with van der Waals surface area (Å²) in [5.41, 5.74) is 7.92. The fourth-order valence-corrected chi connectivity index (χ4v) is 2.30. The van der Waals surface area contributed by atoms with Crippen LogP contribution in [0.2, 0.25) is 0 Å². The molecule has 0 amide bonds. The Hall–Kier alpha value is -1.84. The summed E-state index contributed by atoms with van der Waals surface area (Å²) in [4.78, 5) is 0. The Morgan fingerprint density at radius 1 is 1.10 bits per heavy atom. The molecule has 3 nitrogen and oxygen atoms in total. The number of hydrogen-bond acceptors (Lipinski definition) is 3. The predicted molar refractivity (Wildman–Crippen MR) is 82.7 cm³/mol. The maximum absolute atomic E-state index is 5.72. The van der Waals surface area contributed by atoms with Gasteiger partial charge in [-0.05, 0) is 54.7 Å². The van der Waals surface area contributed by atoms with Crippen LogP contribution in [0.3, 0.4) is 0 Å². The van der Waals surface area contributed by atoms with E-state index in [-0.39, 0.29) is 6.04 Å². The lowest BCUT2D eigenvalue weighted by molar-refractivity contribution is 0.413. The molecule has 2 aromatic rings. The van der Waals surface area contributed by atoms with Crippen LogP contribution in [-0.2, 0) is 6.42 Å². The van der Waals surface area contributed by atoms with Crippen LogP contribution >= 0.6 is 0 Å². The smallest absolute Gasteiger partial charge is 0.119 e. The summed E-state index contributed by atoms with van der Waals surface area (Å²) in [6.45, 7) is 4.26. The van der Waals surface area contributed by atoms with Gasteiger partial charge in [0.25, 0.3) is 0 Å². The molecule has 0 aromatic heterocycles. The molecule has 106 valence electrons. The predicted octanol–water partition coefficient (Wildman–Crippen LogP) is 3.06. The van der Waals surface area contributed by atoms with Crippen LogP contribution in [0.25, 0.3) is 0 Å². The summed E-state index contributed by atoms with van der Waals surface area (Å²) in [7, 11) is 1.67. The van der Waals surface area contributed by atoms with Crippen LogP contribution in [0, 0.1) is 13.8 Å². The second-order valence-electron chi connectivity index (χ2n) is 5.12. The molecule has 0 saturated carbocycles. The molecular formula is C17H22N2O. The van der Waals surface area contributed by atoms with Crippen molar-refractivity contribution < 1.29 is 4.74 Å². The normalized spacial score (nSPS) is 12.2. The summed E-state index contributed by atoms with van der Waals surface area (Å²) in [6.07, 6.45) is 0.852. The van der Waals surface area contributed by atoms with E-state index in [1.54, 1.807) is 7.11 Å². The average molecular weight is 270 g/mol. The van der Waals surface area contributed by atoms with Gasteiger partial charge in [0.15, 0.2) is 0 Å². The summed E-state index contributed by atoms with van der Waals surface area (Å²) >= 11 is 0. The van der Waals surface area contributed by atoms with Gasteiger partial charge >= 0.3 is 0 Å². The number of benzene rings is 2. The number of nitrogens with one attached hydrogen (secondary N) is 1. The Morgan fingerprint density at radius 3 is 2.55 bits per heavy atom. The Balaban J connectivity index is 2.21. The van der Waals surface area contributed by atoms with Crippen LogP contribution < -0.4 is 16.0 Å². The Morgan fingerprint density at radius 2 is 1.90 bits per heavy atom. The zero-order chi connectivity index (χ0) is 14.5. The minimum Gasteiger partial charge on any atom is -0.497 e. The van der Waals surface area contributed by atoms with Crippen LogP contribution in [0.15, 0.2) is 42.5 Å². The number of methoxy groups -OCH3 is 1. The Labute approximate surface area is 120 Å². The lowest BCUT2D eigenvalue weighted by Gasteiger charge is -2.18. The summed E-state index contributed by atoms with van der Waals surface area (Å²) in [6, 6.07) is 14.6. The summed E-state index contributed by atoms with van der Waals surface area (Å²) in [5.74, 6) is 6.57. The van der Waals surface area contributed by atoms with Gasteiger partial charge in [-0.1, -0.05) is 30.3 Å². The topological polar surface area (TPSA) is 47.3 Å². The van der Waals surface area contributed by atoms with E-state index in [4.69, 9.17) is 10.6 Å². The third-order valence-corrected chi connectivity index (χ3v) is 3.71. The first kappa shape index (κ1) is 14.6. The number of rotatable bonds is 5. The quantitative estimate of drug-likeness (QED) is 0.648. The zero-order valence-corrected chi connectivity index (χ0v) is 12.3. The molecule has 0 spiro atoms. The lowest BCUT2D eigenvalue weighted by atomic mass is 9.97. The van der Waals surface area contributed by atoms with Crippen molar-refractivity contribution >= 4 is 0 Å². The fraction of sp³-hybridized carbons (Fsp3) is 0.294. The summed E-state index contributed by atoms with van der Waals surface area (Å²) < 4.78 is 5.27. The molecule has 0 heterocycles. The van der Waals surface area contributed by atoms with Crippen LogP contribution in [-0.4, -0.2) is 7.11 Å². The van der Waals surface area contributed by atoms with Gasteiger partial charge in [-0.2, -0.15) is 0 Å².